The highest BCUT2D eigenvalue weighted by Crippen LogP contribution is 2.17. The van der Waals surface area contributed by atoms with Gasteiger partial charge in [-0.05, 0) is 49.1 Å². The van der Waals surface area contributed by atoms with Gasteiger partial charge in [0.05, 0.1) is 6.20 Å². The summed E-state index contributed by atoms with van der Waals surface area (Å²) in [5.41, 5.74) is 2.29. The van der Waals surface area contributed by atoms with Gasteiger partial charge in [0.15, 0.2) is 12.3 Å². The molecule has 0 fully saturated rings. The van der Waals surface area contributed by atoms with E-state index in [2.05, 4.69) is 27.4 Å². The minimum Gasteiger partial charge on any atom is -0.484 e. The number of para-hydroxylation sites is 1. The number of aryl methyl sites for hydroxylation is 2. The normalized spacial score (nSPS) is 10.8. The van der Waals surface area contributed by atoms with Crippen LogP contribution in [0.15, 0.2) is 77.7 Å². The van der Waals surface area contributed by atoms with Gasteiger partial charge in [-0.25, -0.2) is 4.98 Å². The predicted octanol–water partition coefficient (Wildman–Crippen LogP) is 4.14. The van der Waals surface area contributed by atoms with Gasteiger partial charge in [0.2, 0.25) is 5.89 Å². The zero-order valence-corrected chi connectivity index (χ0v) is 17.9. The molecule has 164 valence electrons. The van der Waals surface area contributed by atoms with E-state index in [0.717, 1.165) is 37.2 Å². The van der Waals surface area contributed by atoms with Gasteiger partial charge in [-0.15, -0.1) is 5.10 Å². The van der Waals surface area contributed by atoms with Crippen LogP contribution in [0.25, 0.3) is 0 Å². The maximum absolute atomic E-state index is 12.6. The van der Waals surface area contributed by atoms with Crippen LogP contribution in [-0.4, -0.2) is 32.9 Å². The highest BCUT2D eigenvalue weighted by atomic mass is 16.5. The lowest BCUT2D eigenvalue weighted by molar-refractivity contribution is 0.0988. The van der Waals surface area contributed by atoms with E-state index < -0.39 is 0 Å². The zero-order chi connectivity index (χ0) is 22.2. The molecule has 2 heterocycles. The second-order valence-electron chi connectivity index (χ2n) is 7.38. The van der Waals surface area contributed by atoms with Crippen molar-refractivity contribution in [3.63, 3.8) is 0 Å². The molecule has 8 nitrogen and oxygen atoms in total. The molecule has 0 aliphatic heterocycles. The molecule has 0 aliphatic carbocycles. The number of rotatable bonds is 10. The Morgan fingerprint density at radius 1 is 1.09 bits per heavy atom. The summed E-state index contributed by atoms with van der Waals surface area (Å²) in [6.45, 7) is 1.03. The van der Waals surface area contributed by atoms with Crippen molar-refractivity contribution in [2.45, 2.75) is 32.4 Å². The monoisotopic (exact) mass is 431 g/mol. The molecule has 32 heavy (non-hydrogen) atoms. The Morgan fingerprint density at radius 2 is 1.91 bits per heavy atom. The fourth-order valence-corrected chi connectivity index (χ4v) is 3.27. The third-order valence-electron chi connectivity index (χ3n) is 5.08. The lowest BCUT2D eigenvalue weighted by Crippen LogP contribution is -2.26. The van der Waals surface area contributed by atoms with Gasteiger partial charge in [-0.3, -0.25) is 9.48 Å². The van der Waals surface area contributed by atoms with Crippen molar-refractivity contribution >= 4 is 11.6 Å². The molecule has 4 aromatic rings. The predicted molar refractivity (Wildman–Crippen MR) is 119 cm³/mol. The highest BCUT2D eigenvalue weighted by molar-refractivity contribution is 6.04. The van der Waals surface area contributed by atoms with Crippen molar-refractivity contribution in [2.75, 3.05) is 11.9 Å². The molecular formula is C24H25N5O3. The van der Waals surface area contributed by atoms with Crippen LogP contribution in [0.5, 0.6) is 5.75 Å². The number of amides is 1. The number of aromatic nitrogens is 4. The molecule has 0 radical (unpaired) electrons. The number of hydrogen-bond acceptors (Lipinski definition) is 6. The van der Waals surface area contributed by atoms with Gasteiger partial charge in [0.25, 0.3) is 5.91 Å². The lowest BCUT2D eigenvalue weighted by atomic mass is 10.1. The molecule has 0 N–H and O–H groups in total. The summed E-state index contributed by atoms with van der Waals surface area (Å²) < 4.78 is 13.0. The third-order valence-corrected chi connectivity index (χ3v) is 5.08. The number of nitrogens with zero attached hydrogens (tertiary/aromatic N) is 5. The van der Waals surface area contributed by atoms with Gasteiger partial charge in [-0.1, -0.05) is 35.5 Å². The van der Waals surface area contributed by atoms with Crippen LogP contribution in [-0.2, 0) is 19.6 Å². The highest BCUT2D eigenvalue weighted by Gasteiger charge is 2.18. The van der Waals surface area contributed by atoms with E-state index in [1.54, 1.807) is 13.2 Å². The Bertz CT molecular complexity index is 1110. The average molecular weight is 431 g/mol. The first-order chi connectivity index (χ1) is 15.7. The first-order valence-corrected chi connectivity index (χ1v) is 10.5. The van der Waals surface area contributed by atoms with Crippen LogP contribution in [0.1, 0.15) is 34.8 Å². The summed E-state index contributed by atoms with van der Waals surface area (Å²) in [7, 11) is 1.71. The van der Waals surface area contributed by atoms with Crippen LogP contribution in [0.3, 0.4) is 0 Å². The van der Waals surface area contributed by atoms with Gasteiger partial charge in [0, 0.05) is 25.5 Å². The van der Waals surface area contributed by atoms with Crippen LogP contribution in [0.2, 0.25) is 0 Å². The maximum Gasteiger partial charge on any atom is 0.279 e. The summed E-state index contributed by atoms with van der Waals surface area (Å²) in [6.07, 6.45) is 8.05. The standard InChI is InChI=1S/C24H25N5O3/c1-28(20-8-3-2-4-9-20)24(30)22-17-32-23(26-22)18-31-21-12-10-19(11-13-21)7-5-6-15-29-16-14-25-27-29/h2-4,8-14,16-17H,5-7,15,18H2,1H3. The van der Waals surface area contributed by atoms with E-state index >= 15 is 0 Å². The van der Waals surface area contributed by atoms with Crippen LogP contribution >= 0.6 is 0 Å². The Kier molecular flexibility index (Phi) is 6.91. The molecule has 1 amide bonds. The molecule has 0 atom stereocenters. The summed E-state index contributed by atoms with van der Waals surface area (Å²) in [5.74, 6) is 0.843. The summed E-state index contributed by atoms with van der Waals surface area (Å²) in [4.78, 5) is 18.4. The average Bonchev–Trinajstić information content (AvgIpc) is 3.53. The number of anilines is 1. The second kappa shape index (κ2) is 10.4. The number of hydrogen-bond donors (Lipinski definition) is 0. The molecule has 8 heteroatoms. The van der Waals surface area contributed by atoms with Crippen molar-refractivity contribution in [3.8, 4) is 5.75 Å². The van der Waals surface area contributed by atoms with Crippen LogP contribution in [0.4, 0.5) is 5.69 Å². The van der Waals surface area contributed by atoms with E-state index in [4.69, 9.17) is 9.15 Å². The lowest BCUT2D eigenvalue weighted by Gasteiger charge is -2.15. The Balaban J connectivity index is 1.23. The molecule has 0 unspecified atom stereocenters. The van der Waals surface area contributed by atoms with Crippen molar-refractivity contribution in [1.29, 1.82) is 0 Å². The van der Waals surface area contributed by atoms with Crippen molar-refractivity contribution in [3.05, 3.63) is 90.4 Å². The van der Waals surface area contributed by atoms with E-state index in [9.17, 15) is 4.79 Å². The third kappa shape index (κ3) is 5.60. The fraction of sp³-hybridized carbons (Fsp3) is 0.250. The second-order valence-corrected chi connectivity index (χ2v) is 7.38. The van der Waals surface area contributed by atoms with Crippen molar-refractivity contribution < 1.29 is 13.9 Å². The number of carbonyl (C=O) groups excluding carboxylic acids is 1. The summed E-state index contributed by atoms with van der Waals surface area (Å²) in [6, 6.07) is 17.4. The molecule has 2 aromatic heterocycles. The molecule has 0 saturated heterocycles. The largest absolute Gasteiger partial charge is 0.484 e. The first kappa shape index (κ1) is 21.3. The smallest absolute Gasteiger partial charge is 0.279 e. The number of oxazole rings is 1. The summed E-state index contributed by atoms with van der Waals surface area (Å²) in [5, 5.41) is 7.77. The van der Waals surface area contributed by atoms with Crippen LogP contribution < -0.4 is 9.64 Å². The van der Waals surface area contributed by atoms with E-state index in [1.807, 2.05) is 53.3 Å². The Labute approximate surface area is 186 Å². The van der Waals surface area contributed by atoms with Crippen molar-refractivity contribution in [2.24, 2.45) is 0 Å². The molecule has 0 spiro atoms. The SMILES string of the molecule is CN(C(=O)c1coc(COc2ccc(CCCCn3ccnn3)cc2)n1)c1ccccc1. The van der Waals surface area contributed by atoms with E-state index in [-0.39, 0.29) is 18.2 Å². The molecule has 0 bridgehead atoms. The minimum atomic E-state index is -0.237. The number of ether oxygens (including phenoxy) is 1. The van der Waals surface area contributed by atoms with Gasteiger partial charge in [-0.2, -0.15) is 0 Å². The zero-order valence-electron chi connectivity index (χ0n) is 17.9. The molecule has 0 aliphatic rings. The van der Waals surface area contributed by atoms with Gasteiger partial charge in [0.1, 0.15) is 12.0 Å². The molecular weight excluding hydrogens is 406 g/mol. The quantitative estimate of drug-likeness (QED) is 0.351. The number of benzene rings is 2. The first-order valence-electron chi connectivity index (χ1n) is 10.5. The van der Waals surface area contributed by atoms with Gasteiger partial charge >= 0.3 is 0 Å². The maximum atomic E-state index is 12.6. The van der Waals surface area contributed by atoms with Crippen LogP contribution in [0, 0.1) is 0 Å². The number of unbranched alkanes of at least 4 members (excludes halogenated alkanes) is 1. The van der Waals surface area contributed by atoms with Gasteiger partial charge < -0.3 is 14.1 Å². The van der Waals surface area contributed by atoms with E-state index in [0.29, 0.717) is 5.89 Å². The summed E-state index contributed by atoms with van der Waals surface area (Å²) >= 11 is 0. The van der Waals surface area contributed by atoms with Crippen molar-refractivity contribution in [1.82, 2.24) is 20.0 Å². The topological polar surface area (TPSA) is 86.3 Å². The minimum absolute atomic E-state index is 0.152. The molecule has 2 aromatic carbocycles. The number of carbonyl (C=O) groups is 1. The Morgan fingerprint density at radius 3 is 2.66 bits per heavy atom. The fourth-order valence-electron chi connectivity index (χ4n) is 3.27. The van der Waals surface area contributed by atoms with E-state index in [1.165, 1.54) is 16.7 Å². The Hall–Kier alpha value is -3.94. The molecule has 4 rings (SSSR count). The molecule has 0 saturated carbocycles.